The monoisotopic (exact) mass is 306 g/mol. The molecule has 1 atom stereocenters. The number of nitrogens with one attached hydrogen (secondary N) is 1. The Bertz CT molecular complexity index is 595. The summed E-state index contributed by atoms with van der Waals surface area (Å²) in [5.41, 5.74) is 0.947. The van der Waals surface area contributed by atoms with Gasteiger partial charge < -0.3 is 15.2 Å². The first-order chi connectivity index (χ1) is 10.1. The van der Waals surface area contributed by atoms with Crippen molar-refractivity contribution in [1.82, 2.24) is 10.3 Å². The molecule has 1 aromatic heterocycles. The number of aromatic nitrogens is 1. The van der Waals surface area contributed by atoms with Crippen molar-refractivity contribution in [3.63, 3.8) is 0 Å². The quantitative estimate of drug-likeness (QED) is 0.859. The number of rotatable bonds is 6. The fourth-order valence-electron chi connectivity index (χ4n) is 1.81. The lowest BCUT2D eigenvalue weighted by Crippen LogP contribution is -2.32. The Kier molecular flexibility index (Phi) is 5.30. The molecule has 0 radical (unpaired) electrons. The summed E-state index contributed by atoms with van der Waals surface area (Å²) in [6.45, 7) is 1.92. The first-order valence-electron chi connectivity index (χ1n) is 6.66. The SMILES string of the molecule is COc1ccc(-c2ncc(C(=O)NC(C)CCO)s2)cc1. The molecular formula is C15H18N2O3S. The lowest BCUT2D eigenvalue weighted by Gasteiger charge is -2.10. The molecule has 1 amide bonds. The number of aliphatic hydroxyl groups excluding tert-OH is 1. The molecule has 0 saturated carbocycles. The van der Waals surface area contributed by atoms with E-state index in [9.17, 15) is 4.79 Å². The highest BCUT2D eigenvalue weighted by atomic mass is 32.1. The molecule has 0 aliphatic rings. The van der Waals surface area contributed by atoms with E-state index >= 15 is 0 Å². The van der Waals surface area contributed by atoms with Crippen LogP contribution >= 0.6 is 11.3 Å². The van der Waals surface area contributed by atoms with Gasteiger partial charge in [-0.1, -0.05) is 0 Å². The summed E-state index contributed by atoms with van der Waals surface area (Å²) in [7, 11) is 1.62. The highest BCUT2D eigenvalue weighted by molar-refractivity contribution is 7.16. The van der Waals surface area contributed by atoms with E-state index in [2.05, 4.69) is 10.3 Å². The summed E-state index contributed by atoms with van der Waals surface area (Å²) in [6.07, 6.45) is 2.11. The van der Waals surface area contributed by atoms with Crippen molar-refractivity contribution in [2.75, 3.05) is 13.7 Å². The van der Waals surface area contributed by atoms with Crippen LogP contribution < -0.4 is 10.1 Å². The fraction of sp³-hybridized carbons (Fsp3) is 0.333. The number of amides is 1. The molecule has 21 heavy (non-hydrogen) atoms. The summed E-state index contributed by atoms with van der Waals surface area (Å²) in [5, 5.41) is 12.5. The van der Waals surface area contributed by atoms with Gasteiger partial charge in [-0.3, -0.25) is 4.79 Å². The molecule has 0 spiro atoms. The van der Waals surface area contributed by atoms with E-state index in [-0.39, 0.29) is 18.6 Å². The summed E-state index contributed by atoms with van der Waals surface area (Å²) in [5.74, 6) is 0.624. The molecule has 5 nitrogen and oxygen atoms in total. The van der Waals surface area contributed by atoms with E-state index in [1.807, 2.05) is 31.2 Å². The van der Waals surface area contributed by atoms with E-state index in [4.69, 9.17) is 9.84 Å². The van der Waals surface area contributed by atoms with Crippen LogP contribution in [0.5, 0.6) is 5.75 Å². The molecule has 2 rings (SSSR count). The smallest absolute Gasteiger partial charge is 0.263 e. The first-order valence-corrected chi connectivity index (χ1v) is 7.47. The van der Waals surface area contributed by atoms with Gasteiger partial charge in [0.2, 0.25) is 0 Å². The molecule has 0 aliphatic heterocycles. The molecule has 2 N–H and O–H groups in total. The van der Waals surface area contributed by atoms with Crippen LogP contribution in [0.1, 0.15) is 23.0 Å². The Morgan fingerprint density at radius 1 is 1.43 bits per heavy atom. The number of nitrogens with zero attached hydrogens (tertiary/aromatic N) is 1. The van der Waals surface area contributed by atoms with Crippen LogP contribution in [-0.4, -0.2) is 35.8 Å². The number of thiazole rings is 1. The molecule has 112 valence electrons. The van der Waals surface area contributed by atoms with Crippen molar-refractivity contribution in [2.24, 2.45) is 0 Å². The number of hydrogen-bond acceptors (Lipinski definition) is 5. The molecule has 1 heterocycles. The predicted octanol–water partition coefficient (Wildman–Crippen LogP) is 2.32. The van der Waals surface area contributed by atoms with Gasteiger partial charge in [0.05, 0.1) is 13.3 Å². The van der Waals surface area contributed by atoms with Crippen molar-refractivity contribution in [1.29, 1.82) is 0 Å². The highest BCUT2D eigenvalue weighted by Gasteiger charge is 2.13. The van der Waals surface area contributed by atoms with Crippen LogP contribution in [0, 0.1) is 0 Å². The van der Waals surface area contributed by atoms with Crippen LogP contribution in [0.25, 0.3) is 10.6 Å². The van der Waals surface area contributed by atoms with E-state index in [1.54, 1.807) is 13.3 Å². The average molecular weight is 306 g/mol. The minimum atomic E-state index is -0.159. The van der Waals surface area contributed by atoms with Gasteiger partial charge in [-0.05, 0) is 37.6 Å². The van der Waals surface area contributed by atoms with Gasteiger partial charge >= 0.3 is 0 Å². The van der Waals surface area contributed by atoms with E-state index in [0.29, 0.717) is 11.3 Å². The molecule has 0 bridgehead atoms. The summed E-state index contributed by atoms with van der Waals surface area (Å²) < 4.78 is 5.11. The Hall–Kier alpha value is -1.92. The van der Waals surface area contributed by atoms with Crippen LogP contribution in [0.4, 0.5) is 0 Å². The Morgan fingerprint density at radius 3 is 2.76 bits per heavy atom. The number of aliphatic hydroxyl groups is 1. The summed E-state index contributed by atoms with van der Waals surface area (Å²) in [6, 6.07) is 7.48. The Labute approximate surface area is 127 Å². The third-order valence-electron chi connectivity index (χ3n) is 3.01. The van der Waals surface area contributed by atoms with Gasteiger partial charge in [-0.15, -0.1) is 11.3 Å². The van der Waals surface area contributed by atoms with E-state index < -0.39 is 0 Å². The first kappa shape index (κ1) is 15.5. The third-order valence-corrected chi connectivity index (χ3v) is 4.05. The van der Waals surface area contributed by atoms with Crippen LogP contribution in [-0.2, 0) is 0 Å². The van der Waals surface area contributed by atoms with Gasteiger partial charge in [0.15, 0.2) is 0 Å². The van der Waals surface area contributed by atoms with E-state index in [1.165, 1.54) is 11.3 Å². The van der Waals surface area contributed by atoms with Crippen LogP contribution in [0.15, 0.2) is 30.5 Å². The zero-order valence-electron chi connectivity index (χ0n) is 12.0. The minimum Gasteiger partial charge on any atom is -0.497 e. The lowest BCUT2D eigenvalue weighted by atomic mass is 10.2. The van der Waals surface area contributed by atoms with Gasteiger partial charge in [0, 0.05) is 18.2 Å². The van der Waals surface area contributed by atoms with Crippen molar-refractivity contribution < 1.29 is 14.6 Å². The Balaban J connectivity index is 2.08. The maximum atomic E-state index is 12.0. The molecule has 0 saturated heterocycles. The number of carbonyl (C=O) groups is 1. The standard InChI is InChI=1S/C15H18N2O3S/c1-10(7-8-18)17-14(19)13-9-16-15(21-13)11-3-5-12(20-2)6-4-11/h3-6,9-10,18H,7-8H2,1-2H3,(H,17,19). The second kappa shape index (κ2) is 7.19. The van der Waals surface area contributed by atoms with Crippen LogP contribution in [0.2, 0.25) is 0 Å². The minimum absolute atomic E-state index is 0.0568. The molecule has 6 heteroatoms. The van der Waals surface area contributed by atoms with Gasteiger partial charge in [-0.25, -0.2) is 4.98 Å². The van der Waals surface area contributed by atoms with Crippen molar-refractivity contribution in [3.05, 3.63) is 35.3 Å². The third kappa shape index (κ3) is 4.03. The predicted molar refractivity (Wildman–Crippen MR) is 82.7 cm³/mol. The fourth-order valence-corrected chi connectivity index (χ4v) is 2.63. The lowest BCUT2D eigenvalue weighted by molar-refractivity contribution is 0.0938. The number of benzene rings is 1. The summed E-state index contributed by atoms with van der Waals surface area (Å²) >= 11 is 1.34. The highest BCUT2D eigenvalue weighted by Crippen LogP contribution is 2.26. The topological polar surface area (TPSA) is 71.5 Å². The van der Waals surface area contributed by atoms with Gasteiger partial charge in [0.1, 0.15) is 15.6 Å². The normalized spacial score (nSPS) is 12.0. The molecule has 0 fully saturated rings. The second-order valence-corrected chi connectivity index (χ2v) is 5.68. The molecule has 2 aromatic rings. The van der Waals surface area contributed by atoms with Crippen LogP contribution in [0.3, 0.4) is 0 Å². The largest absolute Gasteiger partial charge is 0.497 e. The number of carbonyl (C=O) groups excluding carboxylic acids is 1. The van der Waals surface area contributed by atoms with Crippen molar-refractivity contribution in [2.45, 2.75) is 19.4 Å². The van der Waals surface area contributed by atoms with E-state index in [0.717, 1.165) is 16.3 Å². The maximum absolute atomic E-state index is 12.0. The molecule has 1 aromatic carbocycles. The summed E-state index contributed by atoms with van der Waals surface area (Å²) in [4.78, 5) is 16.9. The number of hydrogen-bond donors (Lipinski definition) is 2. The Morgan fingerprint density at radius 2 is 2.14 bits per heavy atom. The second-order valence-electron chi connectivity index (χ2n) is 4.64. The van der Waals surface area contributed by atoms with Crippen molar-refractivity contribution >= 4 is 17.2 Å². The molecule has 0 aliphatic carbocycles. The zero-order valence-corrected chi connectivity index (χ0v) is 12.8. The maximum Gasteiger partial charge on any atom is 0.263 e. The van der Waals surface area contributed by atoms with Gasteiger partial charge in [-0.2, -0.15) is 0 Å². The molecule has 1 unspecified atom stereocenters. The number of ether oxygens (including phenoxy) is 1. The zero-order chi connectivity index (χ0) is 15.2. The number of methoxy groups -OCH3 is 1. The molecular weight excluding hydrogens is 288 g/mol. The van der Waals surface area contributed by atoms with Gasteiger partial charge in [0.25, 0.3) is 5.91 Å². The average Bonchev–Trinajstić information content (AvgIpc) is 2.97. The van der Waals surface area contributed by atoms with Crippen molar-refractivity contribution in [3.8, 4) is 16.3 Å².